The van der Waals surface area contributed by atoms with Crippen LogP contribution in [0.5, 0.6) is 0 Å². The van der Waals surface area contributed by atoms with E-state index in [1.807, 2.05) is 12.1 Å². The average Bonchev–Trinajstić information content (AvgIpc) is 2.20. The smallest absolute Gasteiger partial charge is 0.00159 e. The van der Waals surface area contributed by atoms with Crippen LogP contribution in [0, 0.1) is 6.07 Å². The fraction of sp³-hybridized carbons (Fsp3) is 0.500. The van der Waals surface area contributed by atoms with Crippen molar-refractivity contribution in [1.29, 1.82) is 0 Å². The number of benzene rings is 1. The lowest BCUT2D eigenvalue weighted by molar-refractivity contribution is 0.255. The van der Waals surface area contributed by atoms with Crippen LogP contribution in [0.2, 0.25) is 0 Å². The van der Waals surface area contributed by atoms with E-state index in [-0.39, 0.29) is 0 Å². The molecule has 1 nitrogen and oxygen atoms in total. The first-order valence-electron chi connectivity index (χ1n) is 5.01. The molecule has 0 amide bonds. The van der Waals surface area contributed by atoms with Gasteiger partial charge in [-0.15, -0.1) is 0 Å². The van der Waals surface area contributed by atoms with Crippen LogP contribution in [0.4, 0.5) is 0 Å². The van der Waals surface area contributed by atoms with Crippen molar-refractivity contribution >= 4 is 0 Å². The molecule has 1 aliphatic heterocycles. The predicted molar refractivity (Wildman–Crippen MR) is 54.8 cm³/mol. The molecule has 13 heavy (non-hydrogen) atoms. The first-order chi connectivity index (χ1) is 6.36. The molecule has 1 aromatic carbocycles. The highest BCUT2D eigenvalue weighted by Crippen LogP contribution is 2.26. The maximum atomic E-state index is 3.07. The summed E-state index contributed by atoms with van der Waals surface area (Å²) in [6.45, 7) is 2.48. The molecular weight excluding hydrogens is 158 g/mol. The Labute approximate surface area is 80.4 Å². The van der Waals surface area contributed by atoms with E-state index < -0.39 is 0 Å². The van der Waals surface area contributed by atoms with Crippen molar-refractivity contribution in [2.24, 2.45) is 0 Å². The van der Waals surface area contributed by atoms with Gasteiger partial charge in [-0.25, -0.2) is 0 Å². The first kappa shape index (κ1) is 8.76. The summed E-state index contributed by atoms with van der Waals surface area (Å²) in [4.78, 5) is 2.41. The molecule has 0 aromatic heterocycles. The monoisotopic (exact) mass is 174 g/mol. The molecule has 0 spiro atoms. The summed E-state index contributed by atoms with van der Waals surface area (Å²) in [7, 11) is 2.20. The molecular formula is C12H16N. The summed E-state index contributed by atoms with van der Waals surface area (Å²) in [5.74, 6) is 0.783. The molecule has 0 saturated carbocycles. The Morgan fingerprint density at radius 1 is 1.23 bits per heavy atom. The van der Waals surface area contributed by atoms with Crippen LogP contribution in [0.3, 0.4) is 0 Å². The van der Waals surface area contributed by atoms with E-state index in [1.54, 1.807) is 0 Å². The van der Waals surface area contributed by atoms with Crippen LogP contribution in [-0.4, -0.2) is 25.0 Å². The van der Waals surface area contributed by atoms with Gasteiger partial charge in [-0.1, -0.05) is 24.3 Å². The molecule has 1 aromatic rings. The average molecular weight is 174 g/mol. The molecule has 0 unspecified atom stereocenters. The number of piperidine rings is 1. The Hall–Kier alpha value is -0.820. The summed E-state index contributed by atoms with van der Waals surface area (Å²) >= 11 is 0. The first-order valence-corrected chi connectivity index (χ1v) is 5.01. The largest absolute Gasteiger partial charge is 0.306 e. The fourth-order valence-corrected chi connectivity index (χ4v) is 2.01. The van der Waals surface area contributed by atoms with E-state index in [4.69, 9.17) is 0 Å². The molecule has 0 bridgehead atoms. The highest BCUT2D eigenvalue weighted by atomic mass is 15.1. The van der Waals surface area contributed by atoms with Crippen LogP contribution >= 0.6 is 0 Å². The van der Waals surface area contributed by atoms with Gasteiger partial charge in [0.15, 0.2) is 0 Å². The van der Waals surface area contributed by atoms with Crippen molar-refractivity contribution < 1.29 is 0 Å². The van der Waals surface area contributed by atoms with Crippen LogP contribution < -0.4 is 0 Å². The van der Waals surface area contributed by atoms with Gasteiger partial charge in [-0.2, -0.15) is 0 Å². The zero-order chi connectivity index (χ0) is 9.10. The summed E-state index contributed by atoms with van der Waals surface area (Å²) in [6, 6.07) is 11.5. The van der Waals surface area contributed by atoms with Gasteiger partial charge in [-0.05, 0) is 50.5 Å². The topological polar surface area (TPSA) is 3.24 Å². The van der Waals surface area contributed by atoms with E-state index in [2.05, 4.69) is 30.1 Å². The summed E-state index contributed by atoms with van der Waals surface area (Å²) in [5, 5.41) is 0. The number of likely N-dealkylation sites (tertiary alicyclic amines) is 1. The van der Waals surface area contributed by atoms with Crippen LogP contribution in [0.1, 0.15) is 24.3 Å². The number of nitrogens with zero attached hydrogens (tertiary/aromatic N) is 1. The van der Waals surface area contributed by atoms with Crippen molar-refractivity contribution in [2.75, 3.05) is 20.1 Å². The molecule has 2 rings (SSSR count). The lowest BCUT2D eigenvalue weighted by Crippen LogP contribution is -2.29. The molecule has 0 atom stereocenters. The van der Waals surface area contributed by atoms with Crippen molar-refractivity contribution in [2.45, 2.75) is 18.8 Å². The highest BCUT2D eigenvalue weighted by molar-refractivity contribution is 5.19. The maximum absolute atomic E-state index is 3.07. The van der Waals surface area contributed by atoms with Crippen LogP contribution in [0.25, 0.3) is 0 Å². The van der Waals surface area contributed by atoms with Gasteiger partial charge in [0.1, 0.15) is 0 Å². The fourth-order valence-electron chi connectivity index (χ4n) is 2.01. The van der Waals surface area contributed by atoms with Crippen molar-refractivity contribution in [3.8, 4) is 0 Å². The Morgan fingerprint density at radius 3 is 2.46 bits per heavy atom. The second-order valence-corrected chi connectivity index (χ2v) is 3.91. The molecule has 69 valence electrons. The minimum Gasteiger partial charge on any atom is -0.306 e. The second kappa shape index (κ2) is 3.93. The molecule has 1 heterocycles. The Balaban J connectivity index is 2.03. The summed E-state index contributed by atoms with van der Waals surface area (Å²) < 4.78 is 0. The summed E-state index contributed by atoms with van der Waals surface area (Å²) in [5.41, 5.74) is 1.49. The predicted octanol–water partition coefficient (Wildman–Crippen LogP) is 2.30. The zero-order valence-corrected chi connectivity index (χ0v) is 8.16. The minimum atomic E-state index is 0.783. The maximum Gasteiger partial charge on any atom is -0.00159 e. The Bertz CT molecular complexity index is 247. The van der Waals surface area contributed by atoms with Gasteiger partial charge in [0.25, 0.3) is 0 Å². The molecule has 1 aliphatic rings. The van der Waals surface area contributed by atoms with Gasteiger partial charge in [-0.3, -0.25) is 0 Å². The minimum absolute atomic E-state index is 0.783. The Morgan fingerprint density at radius 2 is 1.85 bits per heavy atom. The van der Waals surface area contributed by atoms with Gasteiger partial charge in [0.2, 0.25) is 0 Å². The Kier molecular flexibility index (Phi) is 2.65. The highest BCUT2D eigenvalue weighted by Gasteiger charge is 2.17. The molecule has 1 radical (unpaired) electrons. The molecule has 1 fully saturated rings. The molecule has 1 saturated heterocycles. The standard InChI is InChI=1S/C12H16N/c1-13-9-7-12(8-10-13)11-5-3-2-4-6-11/h3-6,12H,7-10H2,1H3. The van der Waals surface area contributed by atoms with E-state index in [0.717, 1.165) is 5.92 Å². The zero-order valence-electron chi connectivity index (χ0n) is 8.16. The van der Waals surface area contributed by atoms with E-state index in [1.165, 1.54) is 31.5 Å². The molecule has 0 N–H and O–H groups in total. The molecule has 0 aliphatic carbocycles. The van der Waals surface area contributed by atoms with Crippen LogP contribution in [-0.2, 0) is 0 Å². The lowest BCUT2D eigenvalue weighted by Gasteiger charge is -2.29. The lowest BCUT2D eigenvalue weighted by atomic mass is 9.90. The van der Waals surface area contributed by atoms with Gasteiger partial charge in [0, 0.05) is 0 Å². The van der Waals surface area contributed by atoms with E-state index in [9.17, 15) is 0 Å². The quantitative estimate of drug-likeness (QED) is 0.631. The van der Waals surface area contributed by atoms with E-state index >= 15 is 0 Å². The van der Waals surface area contributed by atoms with Gasteiger partial charge in [0.05, 0.1) is 0 Å². The third kappa shape index (κ3) is 2.10. The number of hydrogen-bond acceptors (Lipinski definition) is 1. The normalized spacial score (nSPS) is 20.4. The SMILES string of the molecule is CN1CCC(c2cc[c]cc2)CC1. The van der Waals surface area contributed by atoms with E-state index in [0.29, 0.717) is 0 Å². The van der Waals surface area contributed by atoms with Gasteiger partial charge >= 0.3 is 0 Å². The van der Waals surface area contributed by atoms with Crippen LogP contribution in [0.15, 0.2) is 24.3 Å². The second-order valence-electron chi connectivity index (χ2n) is 3.91. The summed E-state index contributed by atoms with van der Waals surface area (Å²) in [6.07, 6.45) is 2.61. The molecule has 1 heteroatoms. The van der Waals surface area contributed by atoms with Crippen molar-refractivity contribution in [3.05, 3.63) is 35.9 Å². The number of rotatable bonds is 1. The van der Waals surface area contributed by atoms with Crippen molar-refractivity contribution in [1.82, 2.24) is 4.90 Å². The van der Waals surface area contributed by atoms with Crippen molar-refractivity contribution in [3.63, 3.8) is 0 Å². The third-order valence-electron chi connectivity index (χ3n) is 2.93. The number of hydrogen-bond donors (Lipinski definition) is 0. The van der Waals surface area contributed by atoms with Gasteiger partial charge < -0.3 is 4.90 Å². The third-order valence-corrected chi connectivity index (χ3v) is 2.93.